The molecule has 1 rings (SSSR count). The zero-order valence-corrected chi connectivity index (χ0v) is 11.8. The molecule has 0 saturated heterocycles. The molecule has 1 saturated carbocycles. The first kappa shape index (κ1) is 15.0. The van der Waals surface area contributed by atoms with Crippen molar-refractivity contribution >= 4 is 11.9 Å². The Morgan fingerprint density at radius 2 is 1.89 bits per heavy atom. The molecule has 0 bridgehead atoms. The number of hydrogen-bond donors (Lipinski definition) is 0. The van der Waals surface area contributed by atoms with E-state index in [0.717, 1.165) is 5.92 Å². The molecule has 1 aliphatic rings. The van der Waals surface area contributed by atoms with E-state index in [4.69, 9.17) is 4.74 Å². The number of carbonyl (C=O) groups is 2. The number of likely N-dealkylation sites (N-methyl/N-ethyl adjacent to an activating group) is 2. The van der Waals surface area contributed by atoms with Crippen molar-refractivity contribution < 1.29 is 14.3 Å². The van der Waals surface area contributed by atoms with Gasteiger partial charge in [-0.05, 0) is 39.7 Å². The van der Waals surface area contributed by atoms with Crippen molar-refractivity contribution in [1.29, 1.82) is 0 Å². The van der Waals surface area contributed by atoms with Crippen LogP contribution >= 0.6 is 0 Å². The highest BCUT2D eigenvalue weighted by atomic mass is 16.5. The van der Waals surface area contributed by atoms with E-state index in [2.05, 4.69) is 11.8 Å². The van der Waals surface area contributed by atoms with E-state index in [-0.39, 0.29) is 18.4 Å². The fourth-order valence-corrected chi connectivity index (χ4v) is 1.91. The van der Waals surface area contributed by atoms with Crippen molar-refractivity contribution in [2.75, 3.05) is 33.8 Å². The lowest BCUT2D eigenvalue weighted by Gasteiger charge is -2.26. The Morgan fingerprint density at radius 3 is 2.39 bits per heavy atom. The summed E-state index contributed by atoms with van der Waals surface area (Å²) >= 11 is 0. The van der Waals surface area contributed by atoms with Gasteiger partial charge in [0.2, 0.25) is 5.91 Å². The van der Waals surface area contributed by atoms with Crippen LogP contribution in [0, 0.1) is 5.92 Å². The molecule has 104 valence electrons. The normalized spacial score (nSPS) is 16.5. The molecule has 5 heteroatoms. The minimum atomic E-state index is -0.355. The van der Waals surface area contributed by atoms with E-state index >= 15 is 0 Å². The van der Waals surface area contributed by atoms with E-state index in [1.807, 2.05) is 7.05 Å². The summed E-state index contributed by atoms with van der Waals surface area (Å²) in [6.45, 7) is 4.63. The fourth-order valence-electron chi connectivity index (χ4n) is 1.91. The van der Waals surface area contributed by atoms with Crippen LogP contribution < -0.4 is 0 Å². The lowest BCUT2D eigenvalue weighted by atomic mass is 10.2. The van der Waals surface area contributed by atoms with Gasteiger partial charge >= 0.3 is 5.97 Å². The highest BCUT2D eigenvalue weighted by molar-refractivity contribution is 5.83. The summed E-state index contributed by atoms with van der Waals surface area (Å²) < 4.78 is 4.82. The van der Waals surface area contributed by atoms with Gasteiger partial charge < -0.3 is 9.64 Å². The van der Waals surface area contributed by atoms with Gasteiger partial charge in [-0.3, -0.25) is 14.5 Å². The van der Waals surface area contributed by atoms with Gasteiger partial charge in [0.1, 0.15) is 6.54 Å². The van der Waals surface area contributed by atoms with Crippen molar-refractivity contribution in [1.82, 2.24) is 9.80 Å². The van der Waals surface area contributed by atoms with Crippen LogP contribution in [0.2, 0.25) is 0 Å². The molecule has 0 aromatic rings. The van der Waals surface area contributed by atoms with E-state index in [1.54, 1.807) is 14.0 Å². The molecule has 1 amide bonds. The van der Waals surface area contributed by atoms with E-state index in [1.165, 1.54) is 17.7 Å². The number of ether oxygens (including phenoxy) is 1. The molecule has 18 heavy (non-hydrogen) atoms. The van der Waals surface area contributed by atoms with Crippen LogP contribution in [0.4, 0.5) is 0 Å². The number of esters is 1. The van der Waals surface area contributed by atoms with Gasteiger partial charge in [-0.25, -0.2) is 0 Å². The first-order valence-electron chi connectivity index (χ1n) is 6.55. The van der Waals surface area contributed by atoms with Crippen molar-refractivity contribution in [3.05, 3.63) is 0 Å². The van der Waals surface area contributed by atoms with Gasteiger partial charge in [0, 0.05) is 13.1 Å². The predicted molar refractivity (Wildman–Crippen MR) is 69.1 cm³/mol. The Hall–Kier alpha value is -1.10. The Balaban J connectivity index is 2.31. The SMILES string of the molecule is CCOC(=O)CN(C)C(=O)CN(C)C(C)C1CC1. The largest absolute Gasteiger partial charge is 0.465 e. The molecule has 0 aromatic heterocycles. The molecule has 0 aromatic carbocycles. The molecular formula is C13H24N2O3. The monoisotopic (exact) mass is 256 g/mol. The summed E-state index contributed by atoms with van der Waals surface area (Å²) in [7, 11) is 3.59. The third-order valence-corrected chi connectivity index (χ3v) is 3.48. The zero-order chi connectivity index (χ0) is 13.7. The average Bonchev–Trinajstić information content (AvgIpc) is 3.11. The molecule has 1 aliphatic carbocycles. The number of amides is 1. The fraction of sp³-hybridized carbons (Fsp3) is 0.846. The summed E-state index contributed by atoms with van der Waals surface area (Å²) in [4.78, 5) is 26.7. The quantitative estimate of drug-likeness (QED) is 0.630. The number of nitrogens with zero attached hydrogens (tertiary/aromatic N) is 2. The van der Waals surface area contributed by atoms with Crippen molar-refractivity contribution in [3.8, 4) is 0 Å². The van der Waals surface area contributed by atoms with Crippen LogP contribution in [0.3, 0.4) is 0 Å². The van der Waals surface area contributed by atoms with Gasteiger partial charge in [0.05, 0.1) is 13.2 Å². The second-order valence-electron chi connectivity index (χ2n) is 5.05. The van der Waals surface area contributed by atoms with E-state index < -0.39 is 0 Å². The van der Waals surface area contributed by atoms with Crippen LogP contribution in [0.1, 0.15) is 26.7 Å². The molecule has 5 nitrogen and oxygen atoms in total. The first-order chi connectivity index (χ1) is 8.45. The lowest BCUT2D eigenvalue weighted by molar-refractivity contribution is -0.148. The molecule has 1 unspecified atom stereocenters. The predicted octanol–water partition coefficient (Wildman–Crippen LogP) is 0.738. The standard InChI is InChI=1S/C13H24N2O3/c1-5-18-13(17)9-15(4)12(16)8-14(3)10(2)11-6-7-11/h10-11H,5-9H2,1-4H3. The smallest absolute Gasteiger partial charge is 0.325 e. The summed E-state index contributed by atoms with van der Waals surface area (Å²) in [6.07, 6.45) is 2.52. The minimum Gasteiger partial charge on any atom is -0.465 e. The summed E-state index contributed by atoms with van der Waals surface area (Å²) in [5.41, 5.74) is 0. The average molecular weight is 256 g/mol. The maximum atomic E-state index is 11.9. The third kappa shape index (κ3) is 4.64. The molecule has 0 heterocycles. The van der Waals surface area contributed by atoms with Crippen LogP contribution in [0.15, 0.2) is 0 Å². The van der Waals surface area contributed by atoms with Crippen molar-refractivity contribution in [2.24, 2.45) is 5.92 Å². The highest BCUT2D eigenvalue weighted by Crippen LogP contribution is 2.34. The van der Waals surface area contributed by atoms with Crippen LogP contribution in [0.5, 0.6) is 0 Å². The third-order valence-electron chi connectivity index (χ3n) is 3.48. The number of rotatable bonds is 7. The van der Waals surface area contributed by atoms with Gasteiger partial charge in [-0.1, -0.05) is 0 Å². The van der Waals surface area contributed by atoms with Gasteiger partial charge in [-0.2, -0.15) is 0 Å². The summed E-state index contributed by atoms with van der Waals surface area (Å²) in [6, 6.07) is 0.435. The number of carbonyl (C=O) groups excluding carboxylic acids is 2. The Morgan fingerprint density at radius 1 is 1.28 bits per heavy atom. The van der Waals surface area contributed by atoms with E-state index in [0.29, 0.717) is 19.2 Å². The van der Waals surface area contributed by atoms with Crippen molar-refractivity contribution in [3.63, 3.8) is 0 Å². The molecule has 0 aliphatic heterocycles. The van der Waals surface area contributed by atoms with Gasteiger partial charge in [-0.15, -0.1) is 0 Å². The van der Waals surface area contributed by atoms with Gasteiger partial charge in [0.15, 0.2) is 0 Å². The maximum absolute atomic E-state index is 11.9. The lowest BCUT2D eigenvalue weighted by Crippen LogP contribution is -2.42. The topological polar surface area (TPSA) is 49.9 Å². The van der Waals surface area contributed by atoms with Gasteiger partial charge in [0.25, 0.3) is 0 Å². The van der Waals surface area contributed by atoms with Crippen molar-refractivity contribution in [2.45, 2.75) is 32.7 Å². The van der Waals surface area contributed by atoms with E-state index in [9.17, 15) is 9.59 Å². The van der Waals surface area contributed by atoms with Crippen LogP contribution in [0.25, 0.3) is 0 Å². The molecule has 1 atom stereocenters. The summed E-state index contributed by atoms with van der Waals surface area (Å²) in [5, 5.41) is 0. The molecular weight excluding hydrogens is 232 g/mol. The second kappa shape index (κ2) is 6.73. The van der Waals surface area contributed by atoms with Crippen LogP contribution in [-0.4, -0.2) is 61.5 Å². The maximum Gasteiger partial charge on any atom is 0.325 e. The molecule has 0 radical (unpaired) electrons. The molecule has 1 fully saturated rings. The minimum absolute atomic E-state index is 0.0261. The first-order valence-corrected chi connectivity index (χ1v) is 6.55. The second-order valence-corrected chi connectivity index (χ2v) is 5.05. The van der Waals surface area contributed by atoms with Crippen LogP contribution in [-0.2, 0) is 14.3 Å². The molecule has 0 spiro atoms. The summed E-state index contributed by atoms with van der Waals surface area (Å²) in [5.74, 6) is 0.336. The number of hydrogen-bond acceptors (Lipinski definition) is 4. The Labute approximate surface area is 109 Å². The Bertz CT molecular complexity index is 303. The molecule has 0 N–H and O–H groups in total. The highest BCUT2D eigenvalue weighted by Gasteiger charge is 2.31. The Kier molecular flexibility index (Phi) is 5.59. The zero-order valence-electron chi connectivity index (χ0n) is 11.8.